The summed E-state index contributed by atoms with van der Waals surface area (Å²) < 4.78 is 31.8. The molecular weight excluding hydrogens is 262 g/mol. The predicted molar refractivity (Wildman–Crippen MR) is 69.9 cm³/mol. The highest BCUT2D eigenvalue weighted by Gasteiger charge is 2.36. The molecule has 0 saturated heterocycles. The third-order valence-electron chi connectivity index (χ3n) is 2.99. The fraction of sp³-hybridized carbons (Fsp3) is 1.00. The third-order valence-corrected chi connectivity index (χ3v) is 4.95. The van der Waals surface area contributed by atoms with E-state index in [0.717, 1.165) is 25.7 Å². The molecule has 17 heavy (non-hydrogen) atoms. The maximum absolute atomic E-state index is 11.9. The van der Waals surface area contributed by atoms with Gasteiger partial charge in [-0.3, -0.25) is 0 Å². The zero-order valence-corrected chi connectivity index (χ0v) is 12.1. The van der Waals surface area contributed by atoms with E-state index in [4.69, 9.17) is 16.3 Å². The van der Waals surface area contributed by atoms with Crippen molar-refractivity contribution in [3.8, 4) is 0 Å². The molecule has 1 aliphatic rings. The van der Waals surface area contributed by atoms with Gasteiger partial charge in [-0.25, -0.2) is 13.1 Å². The Morgan fingerprint density at radius 2 is 1.94 bits per heavy atom. The minimum atomic E-state index is -3.29. The molecule has 1 saturated carbocycles. The Morgan fingerprint density at radius 3 is 2.41 bits per heavy atom. The molecule has 102 valence electrons. The number of alkyl halides is 1. The van der Waals surface area contributed by atoms with Gasteiger partial charge in [0, 0.05) is 11.4 Å². The lowest BCUT2D eigenvalue weighted by Crippen LogP contribution is -2.49. The third kappa shape index (κ3) is 5.12. The Morgan fingerprint density at radius 1 is 1.35 bits per heavy atom. The average Bonchev–Trinajstić information content (AvgIpc) is 2.65. The maximum Gasteiger partial charge on any atom is 0.214 e. The Bertz CT molecular complexity index is 324. The highest BCUT2D eigenvalue weighted by Crippen LogP contribution is 2.31. The molecular formula is C11H22ClNO3S. The molecule has 1 rings (SSSR count). The van der Waals surface area contributed by atoms with Crippen LogP contribution in [0.25, 0.3) is 0 Å². The Labute approximate surface area is 109 Å². The van der Waals surface area contributed by atoms with E-state index in [1.807, 2.05) is 13.8 Å². The van der Waals surface area contributed by atoms with Gasteiger partial charge in [0.25, 0.3) is 0 Å². The monoisotopic (exact) mass is 283 g/mol. The highest BCUT2D eigenvalue weighted by atomic mass is 35.5. The van der Waals surface area contributed by atoms with Gasteiger partial charge in [0.15, 0.2) is 0 Å². The first-order valence-electron chi connectivity index (χ1n) is 6.08. The predicted octanol–water partition coefficient (Wildman–Crippen LogP) is 1.88. The molecule has 0 aromatic heterocycles. The summed E-state index contributed by atoms with van der Waals surface area (Å²) >= 11 is 5.90. The van der Waals surface area contributed by atoms with Gasteiger partial charge in [-0.2, -0.15) is 0 Å². The minimum absolute atomic E-state index is 0.00379. The largest absolute Gasteiger partial charge is 0.378 e. The number of rotatable bonds is 7. The van der Waals surface area contributed by atoms with Crippen molar-refractivity contribution in [3.63, 3.8) is 0 Å². The van der Waals surface area contributed by atoms with Crippen LogP contribution in [0.3, 0.4) is 0 Å². The van der Waals surface area contributed by atoms with E-state index >= 15 is 0 Å². The van der Waals surface area contributed by atoms with Crippen molar-refractivity contribution >= 4 is 21.6 Å². The quantitative estimate of drug-likeness (QED) is 0.726. The second kappa shape index (κ2) is 6.36. The molecule has 0 spiro atoms. The highest BCUT2D eigenvalue weighted by molar-refractivity contribution is 7.89. The van der Waals surface area contributed by atoms with Crippen molar-refractivity contribution in [2.45, 2.75) is 51.2 Å². The molecule has 1 aliphatic carbocycles. The number of hydrogen-bond donors (Lipinski definition) is 1. The lowest BCUT2D eigenvalue weighted by atomic mass is 10.0. The van der Waals surface area contributed by atoms with Crippen LogP contribution in [0.2, 0.25) is 0 Å². The average molecular weight is 284 g/mol. The molecule has 0 aromatic rings. The normalized spacial score (nSPS) is 20.0. The minimum Gasteiger partial charge on any atom is -0.378 e. The standard InChI is InChI=1S/C11H22ClNO3S/c1-10(2)16-7-8-17(14,15)13-11(9-12)5-3-4-6-11/h10,13H,3-9H2,1-2H3. The van der Waals surface area contributed by atoms with Gasteiger partial charge in [-0.1, -0.05) is 12.8 Å². The van der Waals surface area contributed by atoms with Crippen LogP contribution < -0.4 is 4.72 Å². The number of ether oxygens (including phenoxy) is 1. The molecule has 0 unspecified atom stereocenters. The van der Waals surface area contributed by atoms with Gasteiger partial charge in [-0.15, -0.1) is 11.6 Å². The fourth-order valence-corrected chi connectivity index (χ4v) is 3.86. The first kappa shape index (κ1) is 15.2. The fourth-order valence-electron chi connectivity index (χ4n) is 2.09. The van der Waals surface area contributed by atoms with E-state index in [1.165, 1.54) is 0 Å². The number of nitrogens with one attached hydrogen (secondary N) is 1. The van der Waals surface area contributed by atoms with Crippen LogP contribution in [-0.4, -0.2) is 38.3 Å². The Hall–Kier alpha value is 0.160. The van der Waals surface area contributed by atoms with Crippen molar-refractivity contribution in [1.82, 2.24) is 4.72 Å². The number of halogens is 1. The van der Waals surface area contributed by atoms with Crippen molar-refractivity contribution in [2.75, 3.05) is 18.2 Å². The molecule has 6 heteroatoms. The number of hydrogen-bond acceptors (Lipinski definition) is 3. The van der Waals surface area contributed by atoms with Gasteiger partial charge in [0.1, 0.15) is 0 Å². The maximum atomic E-state index is 11.9. The van der Waals surface area contributed by atoms with Crippen molar-refractivity contribution in [1.29, 1.82) is 0 Å². The molecule has 0 aliphatic heterocycles. The molecule has 0 amide bonds. The summed E-state index contributed by atoms with van der Waals surface area (Å²) in [6.45, 7) is 4.00. The van der Waals surface area contributed by atoms with E-state index < -0.39 is 15.6 Å². The first-order chi connectivity index (χ1) is 7.89. The van der Waals surface area contributed by atoms with Crippen LogP contribution in [0.4, 0.5) is 0 Å². The molecule has 0 heterocycles. The number of sulfonamides is 1. The zero-order valence-electron chi connectivity index (χ0n) is 10.5. The molecule has 1 N–H and O–H groups in total. The Kier molecular flexibility index (Phi) is 5.70. The molecule has 4 nitrogen and oxygen atoms in total. The van der Waals surface area contributed by atoms with Gasteiger partial charge in [0.05, 0.1) is 18.5 Å². The lowest BCUT2D eigenvalue weighted by Gasteiger charge is -2.27. The van der Waals surface area contributed by atoms with Crippen molar-refractivity contribution in [3.05, 3.63) is 0 Å². The second-order valence-electron chi connectivity index (χ2n) is 4.96. The van der Waals surface area contributed by atoms with Crippen molar-refractivity contribution in [2.24, 2.45) is 0 Å². The van der Waals surface area contributed by atoms with E-state index in [0.29, 0.717) is 5.88 Å². The smallest absolute Gasteiger partial charge is 0.214 e. The summed E-state index contributed by atoms with van der Waals surface area (Å²) in [7, 11) is -3.29. The van der Waals surface area contributed by atoms with Crippen LogP contribution in [0.5, 0.6) is 0 Å². The molecule has 0 atom stereocenters. The topological polar surface area (TPSA) is 55.4 Å². The summed E-state index contributed by atoms with van der Waals surface area (Å²) in [5, 5.41) is 0. The van der Waals surface area contributed by atoms with E-state index in [1.54, 1.807) is 0 Å². The molecule has 0 radical (unpaired) electrons. The molecule has 1 fully saturated rings. The van der Waals surface area contributed by atoms with E-state index in [2.05, 4.69) is 4.72 Å². The SMILES string of the molecule is CC(C)OCCS(=O)(=O)NC1(CCl)CCCC1. The lowest BCUT2D eigenvalue weighted by molar-refractivity contribution is 0.0910. The summed E-state index contributed by atoms with van der Waals surface area (Å²) in [6, 6.07) is 0. The summed E-state index contributed by atoms with van der Waals surface area (Å²) in [5.41, 5.74) is -0.418. The summed E-state index contributed by atoms with van der Waals surface area (Å²) in [6.07, 6.45) is 3.80. The Balaban J connectivity index is 2.47. The van der Waals surface area contributed by atoms with Crippen LogP contribution in [0, 0.1) is 0 Å². The van der Waals surface area contributed by atoms with E-state index in [9.17, 15) is 8.42 Å². The van der Waals surface area contributed by atoms with E-state index in [-0.39, 0.29) is 18.5 Å². The molecule has 0 aromatic carbocycles. The summed E-state index contributed by atoms with van der Waals surface area (Å²) in [4.78, 5) is 0. The summed E-state index contributed by atoms with van der Waals surface area (Å²) in [5.74, 6) is 0.348. The zero-order chi connectivity index (χ0) is 12.9. The van der Waals surface area contributed by atoms with Gasteiger partial charge >= 0.3 is 0 Å². The van der Waals surface area contributed by atoms with Gasteiger partial charge < -0.3 is 4.74 Å². The van der Waals surface area contributed by atoms with Crippen molar-refractivity contribution < 1.29 is 13.2 Å². The van der Waals surface area contributed by atoms with Crippen LogP contribution in [0.15, 0.2) is 0 Å². The van der Waals surface area contributed by atoms with Gasteiger partial charge in [-0.05, 0) is 26.7 Å². The van der Waals surface area contributed by atoms with Crippen LogP contribution in [0.1, 0.15) is 39.5 Å². The first-order valence-corrected chi connectivity index (χ1v) is 8.27. The molecule has 0 bridgehead atoms. The van der Waals surface area contributed by atoms with Gasteiger partial charge in [0.2, 0.25) is 10.0 Å². The van der Waals surface area contributed by atoms with Crippen LogP contribution in [-0.2, 0) is 14.8 Å². The van der Waals surface area contributed by atoms with Crippen LogP contribution >= 0.6 is 11.6 Å². The second-order valence-corrected chi connectivity index (χ2v) is 7.07.